The highest BCUT2D eigenvalue weighted by molar-refractivity contribution is 7.27. The summed E-state index contributed by atoms with van der Waals surface area (Å²) in [5, 5.41) is 16.0. The van der Waals surface area contributed by atoms with Gasteiger partial charge in [-0.25, -0.2) is 29.9 Å². The van der Waals surface area contributed by atoms with Crippen molar-refractivity contribution in [2.75, 3.05) is 0 Å². The zero-order valence-electron chi connectivity index (χ0n) is 77.3. The molecule has 670 valence electrons. The van der Waals surface area contributed by atoms with Gasteiger partial charge >= 0.3 is 0 Å². The van der Waals surface area contributed by atoms with Gasteiger partial charge in [0.25, 0.3) is 0 Å². The van der Waals surface area contributed by atoms with Crippen LogP contribution in [0.5, 0.6) is 0 Å². The van der Waals surface area contributed by atoms with Gasteiger partial charge in [-0.05, 0) is 156 Å². The number of benzene rings is 19. The van der Waals surface area contributed by atoms with Crippen LogP contribution in [-0.2, 0) is 5.41 Å². The molecule has 0 amide bonds. The van der Waals surface area contributed by atoms with Gasteiger partial charge in [0.05, 0.1) is 109 Å². The van der Waals surface area contributed by atoms with E-state index in [9.17, 15) is 0 Å². The predicted molar refractivity (Wildman–Crippen MR) is 605 cm³/mol. The Kier molecular flexibility index (Phi) is 19.0. The van der Waals surface area contributed by atoms with E-state index in [1.54, 1.807) is 34.0 Å². The van der Waals surface area contributed by atoms with Gasteiger partial charge in [-0.2, -0.15) is 0 Å². The molecule has 143 heavy (non-hydrogen) atoms. The van der Waals surface area contributed by atoms with Crippen LogP contribution in [0.3, 0.4) is 0 Å². The van der Waals surface area contributed by atoms with Crippen LogP contribution in [0.4, 0.5) is 0 Å². The summed E-state index contributed by atoms with van der Waals surface area (Å²) in [7, 11) is 0. The molecule has 11 aromatic heterocycles. The highest BCUT2D eigenvalue weighted by Gasteiger charge is 2.37. The SMILES string of the molecule is CC1(C)c2ccccc2-c2cc3c4ccccc4n(-c4ccccc4-c4nc(-c5ccccc5)c5sc6ccccc6c5n4)c3cc21.c1ccc(-c2nc(-c3ccccc3-n3c4ccccc4c4cc5c(cc43)sc3ccccc35)nc3c2sc2ccccc23)cc1.c1ccc(-c2nc(-c3ccccc3-n3c4ccccc4c4cc5c6ccccc6n(-c6ccccc6)c5cc43)nc3c2sc2ccccc23)cc1. The quantitative estimate of drug-likeness (QED) is 0.135. The van der Waals surface area contributed by atoms with Crippen LogP contribution < -0.4 is 0 Å². The van der Waals surface area contributed by atoms with E-state index >= 15 is 0 Å². The molecule has 19 aromatic carbocycles. The van der Waals surface area contributed by atoms with Gasteiger partial charge in [0.1, 0.15) is 0 Å². The van der Waals surface area contributed by atoms with Crippen molar-refractivity contribution in [3.63, 3.8) is 0 Å². The van der Waals surface area contributed by atoms with Crippen molar-refractivity contribution in [2.45, 2.75) is 19.3 Å². The molecule has 0 radical (unpaired) electrons. The number of para-hydroxylation sites is 8. The molecule has 0 saturated carbocycles. The van der Waals surface area contributed by atoms with E-state index in [1.165, 1.54) is 143 Å². The Labute approximate surface area is 836 Å². The molecule has 0 atom stereocenters. The van der Waals surface area contributed by atoms with E-state index in [-0.39, 0.29) is 5.41 Å². The lowest BCUT2D eigenvalue weighted by atomic mass is 9.82. The lowest BCUT2D eigenvalue weighted by molar-refractivity contribution is 0.661. The Balaban J connectivity index is 0.000000102. The first kappa shape index (κ1) is 82.6. The number of aromatic nitrogens is 10. The van der Waals surface area contributed by atoms with Crippen molar-refractivity contribution in [3.05, 3.63) is 460 Å². The fourth-order valence-electron chi connectivity index (χ4n) is 22.5. The first-order valence-corrected chi connectivity index (χ1v) is 51.6. The van der Waals surface area contributed by atoms with E-state index in [4.69, 9.17) is 29.9 Å². The van der Waals surface area contributed by atoms with Crippen molar-refractivity contribution in [2.24, 2.45) is 0 Å². The maximum absolute atomic E-state index is 5.38. The lowest BCUT2D eigenvalue weighted by Gasteiger charge is -2.22. The van der Waals surface area contributed by atoms with Crippen LogP contribution in [0, 0.1) is 0 Å². The van der Waals surface area contributed by atoms with Gasteiger partial charge in [-0.1, -0.05) is 329 Å². The molecule has 0 N–H and O–H groups in total. The van der Waals surface area contributed by atoms with Crippen molar-refractivity contribution in [3.8, 4) is 102 Å². The second-order valence-electron chi connectivity index (χ2n) is 37.3. The summed E-state index contributed by atoms with van der Waals surface area (Å²) in [6, 6.07) is 161. The summed E-state index contributed by atoms with van der Waals surface area (Å²) in [4.78, 5) is 32.1. The Morgan fingerprint density at radius 3 is 0.909 bits per heavy atom. The Morgan fingerprint density at radius 2 is 0.490 bits per heavy atom. The average molecular weight is 1900 g/mol. The number of hydrogen-bond acceptors (Lipinski definition) is 10. The first-order chi connectivity index (χ1) is 70.7. The van der Waals surface area contributed by atoms with Crippen LogP contribution in [-0.4, -0.2) is 48.2 Å². The van der Waals surface area contributed by atoms with Gasteiger partial charge in [0, 0.05) is 138 Å². The second-order valence-corrected chi connectivity index (χ2v) is 41.6. The van der Waals surface area contributed by atoms with Crippen LogP contribution in [0.2, 0.25) is 0 Å². The molecule has 30 aromatic rings. The fraction of sp³-hybridized carbons (Fsp3) is 0.0233. The Bertz CT molecular complexity index is 10500. The van der Waals surface area contributed by atoms with Gasteiger partial charge < -0.3 is 18.3 Å². The molecule has 0 unspecified atom stereocenters. The number of rotatable bonds is 10. The first-order valence-electron chi connectivity index (χ1n) is 48.3. The minimum Gasteiger partial charge on any atom is -0.309 e. The van der Waals surface area contributed by atoms with Crippen LogP contribution in [0.15, 0.2) is 449 Å². The molecule has 11 heterocycles. The lowest BCUT2D eigenvalue weighted by Crippen LogP contribution is -2.15. The van der Waals surface area contributed by atoms with E-state index in [1.807, 2.05) is 11.3 Å². The number of nitrogens with zero attached hydrogens (tertiary/aromatic N) is 10. The third kappa shape index (κ3) is 13.0. The number of hydrogen-bond donors (Lipinski definition) is 0. The maximum Gasteiger partial charge on any atom is 0.162 e. The molecule has 0 spiro atoms. The molecule has 14 heteroatoms. The van der Waals surface area contributed by atoms with Crippen LogP contribution in [0.25, 0.3) is 270 Å². The van der Waals surface area contributed by atoms with Crippen molar-refractivity contribution in [1.82, 2.24) is 48.2 Å². The van der Waals surface area contributed by atoms with Gasteiger partial charge in [-0.3, -0.25) is 0 Å². The summed E-state index contributed by atoms with van der Waals surface area (Å²) in [5.74, 6) is 2.18. The second kappa shape index (κ2) is 32.8. The molecule has 31 rings (SSSR count). The summed E-state index contributed by atoms with van der Waals surface area (Å²) < 4.78 is 19.2. The smallest absolute Gasteiger partial charge is 0.162 e. The van der Waals surface area contributed by atoms with Gasteiger partial charge in [0.15, 0.2) is 17.5 Å². The van der Waals surface area contributed by atoms with Crippen LogP contribution >= 0.6 is 45.3 Å². The molecule has 0 aliphatic heterocycles. The van der Waals surface area contributed by atoms with E-state index in [2.05, 4.69) is 481 Å². The molecular formula is C129H80N10S4. The minimum absolute atomic E-state index is 0.0976. The zero-order chi connectivity index (χ0) is 94.2. The number of thiophene rings is 4. The highest BCUT2D eigenvalue weighted by atomic mass is 32.1. The fourth-order valence-corrected chi connectivity index (χ4v) is 27.1. The van der Waals surface area contributed by atoms with Crippen molar-refractivity contribution < 1.29 is 0 Å². The predicted octanol–water partition coefficient (Wildman–Crippen LogP) is 35.6. The van der Waals surface area contributed by atoms with E-state index in [0.717, 1.165) is 132 Å². The Hall–Kier alpha value is -17.5. The van der Waals surface area contributed by atoms with Crippen molar-refractivity contribution >= 4 is 214 Å². The monoisotopic (exact) mass is 1900 g/mol. The van der Waals surface area contributed by atoms with Gasteiger partial charge in [0.2, 0.25) is 0 Å². The molecule has 10 nitrogen and oxygen atoms in total. The highest BCUT2D eigenvalue weighted by Crippen LogP contribution is 2.54. The number of fused-ring (bicyclic) bond motifs is 27. The van der Waals surface area contributed by atoms with Crippen LogP contribution in [0.1, 0.15) is 25.0 Å². The molecule has 0 fully saturated rings. The molecule has 0 saturated heterocycles. The minimum atomic E-state index is -0.0976. The average Bonchev–Trinajstić information content (AvgIpc) is 1.55. The normalized spacial score (nSPS) is 12.5. The standard InChI is InChI=1S/C46H28N4S.C43H29N3S.C40H23N3S2/c1-3-15-29(16-4-1)43-45-44(34-22-10-14-26-42(34)51-45)48-46(47-43)33-21-9-13-25-39(33)50-38-24-12-8-20-32(38)36-27-35-31-19-7-11-23-37(31)49(40(35)28-41(36)50)30-17-5-2-6-18-30;1-43(2)33-20-10-6-16-27(33)31-24-32-28-17-7-11-21-35(28)46(37(32)25-34(31)43)36-22-12-8-18-29(36)42-44-39(26-14-4-3-5-15-26)41-40(45-42)30-19-9-13-23-38(30)47-41;1-2-12-24(13-3-1)37-39-38(28-17-7-11-21-35(28)45-39)42-40(41-37)27-16-5-9-19-32(27)43-31-18-8-4-14-25(31)29-22-30-26-15-6-10-20-34(26)44-36(30)23-33(29)43/h1-28H;3-25H,1-2H3;1-23H. The summed E-state index contributed by atoms with van der Waals surface area (Å²) in [6.45, 7) is 4.70. The third-order valence-corrected chi connectivity index (χ3v) is 33.6. The van der Waals surface area contributed by atoms with Gasteiger partial charge in [-0.15, -0.1) is 45.3 Å². The summed E-state index contributed by atoms with van der Waals surface area (Å²) in [6.07, 6.45) is 0. The maximum atomic E-state index is 5.38. The summed E-state index contributed by atoms with van der Waals surface area (Å²) in [5.41, 5.74) is 31.2. The molecule has 0 bridgehead atoms. The van der Waals surface area contributed by atoms with E-state index < -0.39 is 0 Å². The Morgan fingerprint density at radius 1 is 0.189 bits per heavy atom. The molecule has 1 aliphatic rings. The third-order valence-electron chi connectivity index (χ3n) is 29.0. The molecular weight excluding hydrogens is 1820 g/mol. The van der Waals surface area contributed by atoms with Crippen molar-refractivity contribution in [1.29, 1.82) is 0 Å². The zero-order valence-corrected chi connectivity index (χ0v) is 80.6. The largest absolute Gasteiger partial charge is 0.309 e. The summed E-state index contributed by atoms with van der Waals surface area (Å²) >= 11 is 7.15. The van der Waals surface area contributed by atoms with E-state index in [0.29, 0.717) is 5.82 Å². The molecule has 1 aliphatic carbocycles. The topological polar surface area (TPSA) is 97.1 Å².